The van der Waals surface area contributed by atoms with E-state index >= 15 is 0 Å². The highest BCUT2D eigenvalue weighted by Gasteiger charge is 2.02. The van der Waals surface area contributed by atoms with Gasteiger partial charge in [0, 0.05) is 16.7 Å². The first kappa shape index (κ1) is 12.0. The predicted octanol–water partition coefficient (Wildman–Crippen LogP) is 3.05. The van der Waals surface area contributed by atoms with Gasteiger partial charge in [0.05, 0.1) is 18.1 Å². The number of nitrogens with zero attached hydrogens (tertiary/aromatic N) is 2. The maximum absolute atomic E-state index is 5.72. The Morgan fingerprint density at radius 1 is 1.24 bits per heavy atom. The summed E-state index contributed by atoms with van der Waals surface area (Å²) in [4.78, 5) is 8.23. The van der Waals surface area contributed by atoms with Crippen LogP contribution in [0.15, 0.2) is 41.3 Å². The Labute approximate surface area is 108 Å². The van der Waals surface area contributed by atoms with Gasteiger partial charge in [0.15, 0.2) is 0 Å². The van der Waals surface area contributed by atoms with E-state index in [2.05, 4.69) is 25.9 Å². The zero-order valence-electron chi connectivity index (χ0n) is 9.30. The lowest BCUT2D eigenvalue weighted by molar-refractivity contribution is 0.476. The SMILES string of the molecule is C[C@H](N)c1ccc(Oc2cncc(Br)c2)cn1. The van der Waals surface area contributed by atoms with Crippen molar-refractivity contribution in [1.82, 2.24) is 9.97 Å². The van der Waals surface area contributed by atoms with Crippen LogP contribution in [0.5, 0.6) is 11.5 Å². The van der Waals surface area contributed by atoms with E-state index < -0.39 is 0 Å². The number of ether oxygens (including phenoxy) is 1. The lowest BCUT2D eigenvalue weighted by Gasteiger charge is -2.07. The summed E-state index contributed by atoms with van der Waals surface area (Å²) >= 11 is 3.33. The fourth-order valence-electron chi connectivity index (χ4n) is 1.31. The van der Waals surface area contributed by atoms with Gasteiger partial charge >= 0.3 is 0 Å². The van der Waals surface area contributed by atoms with E-state index in [9.17, 15) is 0 Å². The monoisotopic (exact) mass is 293 g/mol. The van der Waals surface area contributed by atoms with Crippen LogP contribution in [-0.4, -0.2) is 9.97 Å². The van der Waals surface area contributed by atoms with E-state index in [1.807, 2.05) is 25.1 Å². The molecule has 0 unspecified atom stereocenters. The molecule has 0 aliphatic rings. The molecule has 0 spiro atoms. The van der Waals surface area contributed by atoms with Crippen molar-refractivity contribution in [2.24, 2.45) is 5.73 Å². The van der Waals surface area contributed by atoms with Crippen LogP contribution in [0.25, 0.3) is 0 Å². The van der Waals surface area contributed by atoms with Crippen molar-refractivity contribution in [3.8, 4) is 11.5 Å². The fourth-order valence-corrected chi connectivity index (χ4v) is 1.65. The average molecular weight is 294 g/mol. The van der Waals surface area contributed by atoms with Gasteiger partial charge in [-0.2, -0.15) is 0 Å². The summed E-state index contributed by atoms with van der Waals surface area (Å²) in [5.41, 5.74) is 6.55. The lowest BCUT2D eigenvalue weighted by atomic mass is 10.2. The van der Waals surface area contributed by atoms with Crippen LogP contribution in [0.4, 0.5) is 0 Å². The second-order valence-electron chi connectivity index (χ2n) is 3.65. The van der Waals surface area contributed by atoms with Crippen molar-refractivity contribution in [2.45, 2.75) is 13.0 Å². The molecule has 0 bridgehead atoms. The molecule has 88 valence electrons. The Kier molecular flexibility index (Phi) is 3.71. The van der Waals surface area contributed by atoms with Crippen LogP contribution in [0, 0.1) is 0 Å². The van der Waals surface area contributed by atoms with Gasteiger partial charge in [-0.25, -0.2) is 0 Å². The van der Waals surface area contributed by atoms with Gasteiger partial charge in [0.25, 0.3) is 0 Å². The minimum atomic E-state index is -0.0726. The van der Waals surface area contributed by atoms with Crippen molar-refractivity contribution in [2.75, 3.05) is 0 Å². The number of hydrogen-bond donors (Lipinski definition) is 1. The minimum absolute atomic E-state index is 0.0726. The van der Waals surface area contributed by atoms with Crippen molar-refractivity contribution < 1.29 is 4.74 Å². The summed E-state index contributed by atoms with van der Waals surface area (Å²) in [5, 5.41) is 0. The molecule has 0 aliphatic carbocycles. The van der Waals surface area contributed by atoms with E-state index in [1.54, 1.807) is 18.6 Å². The zero-order chi connectivity index (χ0) is 12.3. The molecule has 0 aromatic carbocycles. The van der Waals surface area contributed by atoms with Crippen LogP contribution in [0.2, 0.25) is 0 Å². The molecule has 2 aromatic rings. The summed E-state index contributed by atoms with van der Waals surface area (Å²) in [6, 6.07) is 5.46. The largest absolute Gasteiger partial charge is 0.454 e. The summed E-state index contributed by atoms with van der Waals surface area (Å²) in [6.45, 7) is 1.89. The van der Waals surface area contributed by atoms with Crippen LogP contribution in [0.3, 0.4) is 0 Å². The Morgan fingerprint density at radius 2 is 2.06 bits per heavy atom. The summed E-state index contributed by atoms with van der Waals surface area (Å²) < 4.78 is 6.47. The van der Waals surface area contributed by atoms with Crippen LogP contribution >= 0.6 is 15.9 Å². The summed E-state index contributed by atoms with van der Waals surface area (Å²) in [5.74, 6) is 1.32. The van der Waals surface area contributed by atoms with Crippen LogP contribution < -0.4 is 10.5 Å². The van der Waals surface area contributed by atoms with E-state index in [0.717, 1.165) is 10.2 Å². The molecule has 5 heteroatoms. The van der Waals surface area contributed by atoms with Gasteiger partial charge < -0.3 is 10.5 Å². The Morgan fingerprint density at radius 3 is 2.65 bits per heavy atom. The highest BCUT2D eigenvalue weighted by Crippen LogP contribution is 2.23. The molecule has 2 N–H and O–H groups in total. The van der Waals surface area contributed by atoms with Crippen LogP contribution in [0.1, 0.15) is 18.7 Å². The maximum atomic E-state index is 5.72. The Balaban J connectivity index is 2.14. The molecule has 1 atom stereocenters. The molecule has 0 amide bonds. The number of pyridine rings is 2. The normalized spacial score (nSPS) is 12.2. The van der Waals surface area contributed by atoms with Gasteiger partial charge in [0.1, 0.15) is 11.5 Å². The number of rotatable bonds is 3. The van der Waals surface area contributed by atoms with Gasteiger partial charge in [-0.3, -0.25) is 9.97 Å². The van der Waals surface area contributed by atoms with Crippen molar-refractivity contribution in [3.63, 3.8) is 0 Å². The van der Waals surface area contributed by atoms with E-state index in [1.165, 1.54) is 0 Å². The zero-order valence-corrected chi connectivity index (χ0v) is 10.9. The van der Waals surface area contributed by atoms with Gasteiger partial charge in [-0.05, 0) is 41.1 Å². The molecule has 0 saturated heterocycles. The van der Waals surface area contributed by atoms with Crippen molar-refractivity contribution >= 4 is 15.9 Å². The first-order chi connectivity index (χ1) is 8.15. The molecular weight excluding hydrogens is 282 g/mol. The van der Waals surface area contributed by atoms with E-state index in [-0.39, 0.29) is 6.04 Å². The van der Waals surface area contributed by atoms with Crippen LogP contribution in [-0.2, 0) is 0 Å². The topological polar surface area (TPSA) is 61.0 Å². The van der Waals surface area contributed by atoms with E-state index in [4.69, 9.17) is 10.5 Å². The molecule has 2 aromatic heterocycles. The second-order valence-corrected chi connectivity index (χ2v) is 4.56. The summed E-state index contributed by atoms with van der Waals surface area (Å²) in [6.07, 6.45) is 4.99. The Bertz CT molecular complexity index is 499. The molecule has 2 rings (SSSR count). The third-order valence-electron chi connectivity index (χ3n) is 2.14. The van der Waals surface area contributed by atoms with Gasteiger partial charge in [-0.15, -0.1) is 0 Å². The predicted molar refractivity (Wildman–Crippen MR) is 68.9 cm³/mol. The van der Waals surface area contributed by atoms with E-state index in [0.29, 0.717) is 11.5 Å². The number of hydrogen-bond acceptors (Lipinski definition) is 4. The third kappa shape index (κ3) is 3.25. The first-order valence-corrected chi connectivity index (χ1v) is 5.94. The third-order valence-corrected chi connectivity index (χ3v) is 2.57. The maximum Gasteiger partial charge on any atom is 0.146 e. The highest BCUT2D eigenvalue weighted by molar-refractivity contribution is 9.10. The smallest absolute Gasteiger partial charge is 0.146 e. The molecule has 0 fully saturated rings. The molecule has 2 heterocycles. The van der Waals surface area contributed by atoms with Crippen molar-refractivity contribution in [3.05, 3.63) is 47.0 Å². The quantitative estimate of drug-likeness (QED) is 0.945. The van der Waals surface area contributed by atoms with Gasteiger partial charge in [-0.1, -0.05) is 0 Å². The highest BCUT2D eigenvalue weighted by atomic mass is 79.9. The first-order valence-electron chi connectivity index (χ1n) is 5.15. The summed E-state index contributed by atoms with van der Waals surface area (Å²) in [7, 11) is 0. The standard InChI is InChI=1S/C12H12BrN3O/c1-8(14)12-3-2-10(7-16-12)17-11-4-9(13)5-15-6-11/h2-8H,14H2,1H3/t8-/m0/s1. The molecule has 0 radical (unpaired) electrons. The fraction of sp³-hybridized carbons (Fsp3) is 0.167. The molecule has 0 aliphatic heterocycles. The molecule has 17 heavy (non-hydrogen) atoms. The molecular formula is C12H12BrN3O. The minimum Gasteiger partial charge on any atom is -0.454 e. The second kappa shape index (κ2) is 5.25. The number of aromatic nitrogens is 2. The lowest BCUT2D eigenvalue weighted by Crippen LogP contribution is -2.06. The average Bonchev–Trinajstić information content (AvgIpc) is 2.29. The number of halogens is 1. The molecule has 0 saturated carbocycles. The molecule has 4 nitrogen and oxygen atoms in total. The number of nitrogens with two attached hydrogens (primary N) is 1. The van der Waals surface area contributed by atoms with Crippen molar-refractivity contribution in [1.29, 1.82) is 0 Å². The Hall–Kier alpha value is -1.46. The van der Waals surface area contributed by atoms with Gasteiger partial charge in [0.2, 0.25) is 0 Å².